The summed E-state index contributed by atoms with van der Waals surface area (Å²) in [4.78, 5) is 12.1. The van der Waals surface area contributed by atoms with Crippen LogP contribution in [0.5, 0.6) is 0 Å². The van der Waals surface area contributed by atoms with Gasteiger partial charge in [-0.05, 0) is 47.4 Å². The standard InChI is InChI=1S/C29H25N5O4S/c35-29(31-36)27(19-21-7-3-1-4-8-21)32-39(37,38)26-17-15-25(16-18-26)34-20-28(30-33-34)24-13-11-23(12-14-24)22-9-5-2-6-10-22/h1-18,20,27,32,36H,19H2,(H,31,35). The largest absolute Gasteiger partial charge is 0.289 e. The third kappa shape index (κ3) is 6.10. The fraction of sp³-hybridized carbons (Fsp3) is 0.0690. The minimum Gasteiger partial charge on any atom is -0.289 e. The Kier molecular flexibility index (Phi) is 7.60. The molecule has 3 N–H and O–H groups in total. The van der Waals surface area contributed by atoms with Crippen molar-refractivity contribution < 1.29 is 18.4 Å². The average molecular weight is 540 g/mol. The molecule has 0 aliphatic heterocycles. The van der Waals surface area contributed by atoms with E-state index >= 15 is 0 Å². The molecule has 1 unspecified atom stereocenters. The van der Waals surface area contributed by atoms with Gasteiger partial charge in [-0.2, -0.15) is 4.72 Å². The highest BCUT2D eigenvalue weighted by atomic mass is 32.2. The van der Waals surface area contributed by atoms with Gasteiger partial charge in [-0.1, -0.05) is 90.1 Å². The molecular weight excluding hydrogens is 514 g/mol. The molecule has 1 heterocycles. The van der Waals surface area contributed by atoms with Gasteiger partial charge in [0.15, 0.2) is 0 Å². The van der Waals surface area contributed by atoms with Crippen molar-refractivity contribution in [3.8, 4) is 28.1 Å². The molecule has 0 saturated heterocycles. The Hall–Kier alpha value is -4.64. The van der Waals surface area contributed by atoms with Crippen molar-refractivity contribution in [1.82, 2.24) is 25.2 Å². The second-order valence-corrected chi connectivity index (χ2v) is 10.5. The van der Waals surface area contributed by atoms with Gasteiger partial charge in [-0.15, -0.1) is 5.10 Å². The van der Waals surface area contributed by atoms with Crippen LogP contribution in [0.2, 0.25) is 0 Å². The van der Waals surface area contributed by atoms with Gasteiger partial charge in [0.2, 0.25) is 10.0 Å². The van der Waals surface area contributed by atoms with Crippen molar-refractivity contribution in [3.05, 3.63) is 121 Å². The van der Waals surface area contributed by atoms with Crippen LogP contribution in [0.3, 0.4) is 0 Å². The lowest BCUT2D eigenvalue weighted by molar-refractivity contribution is -0.130. The van der Waals surface area contributed by atoms with Crippen LogP contribution in [0.4, 0.5) is 0 Å². The van der Waals surface area contributed by atoms with Crippen LogP contribution in [0.15, 0.2) is 120 Å². The van der Waals surface area contributed by atoms with E-state index in [9.17, 15) is 13.2 Å². The van der Waals surface area contributed by atoms with Gasteiger partial charge in [0.1, 0.15) is 11.7 Å². The van der Waals surface area contributed by atoms with Gasteiger partial charge in [0, 0.05) is 5.56 Å². The Bertz CT molecular complexity index is 1650. The normalized spacial score (nSPS) is 12.1. The maximum Gasteiger partial charge on any atom is 0.261 e. The van der Waals surface area contributed by atoms with Crippen molar-refractivity contribution in [1.29, 1.82) is 0 Å². The first-order valence-corrected chi connectivity index (χ1v) is 13.6. The summed E-state index contributed by atoms with van der Waals surface area (Å²) in [6, 6.07) is 31.8. The Labute approximate surface area is 225 Å². The molecule has 0 aliphatic rings. The molecule has 39 heavy (non-hydrogen) atoms. The fourth-order valence-corrected chi connectivity index (χ4v) is 5.33. The van der Waals surface area contributed by atoms with Gasteiger partial charge in [0.05, 0.1) is 16.8 Å². The molecule has 0 saturated carbocycles. The summed E-state index contributed by atoms with van der Waals surface area (Å²) < 4.78 is 30.0. The van der Waals surface area contributed by atoms with Crippen LogP contribution in [-0.4, -0.2) is 40.6 Å². The zero-order valence-corrected chi connectivity index (χ0v) is 21.5. The van der Waals surface area contributed by atoms with Crippen molar-refractivity contribution in [3.63, 3.8) is 0 Å². The van der Waals surface area contributed by atoms with E-state index in [-0.39, 0.29) is 11.3 Å². The van der Waals surface area contributed by atoms with Gasteiger partial charge in [-0.3, -0.25) is 10.0 Å². The number of sulfonamides is 1. The van der Waals surface area contributed by atoms with E-state index in [0.29, 0.717) is 11.4 Å². The van der Waals surface area contributed by atoms with Crippen LogP contribution in [0.1, 0.15) is 5.56 Å². The molecule has 0 fully saturated rings. The molecule has 10 heteroatoms. The molecule has 5 aromatic rings. The summed E-state index contributed by atoms with van der Waals surface area (Å²) in [5.74, 6) is -0.856. The van der Waals surface area contributed by atoms with E-state index in [1.807, 2.05) is 48.5 Å². The molecule has 5 rings (SSSR count). The smallest absolute Gasteiger partial charge is 0.261 e. The summed E-state index contributed by atoms with van der Waals surface area (Å²) in [7, 11) is -4.07. The Balaban J connectivity index is 1.30. The quantitative estimate of drug-likeness (QED) is 0.192. The Morgan fingerprint density at radius 2 is 1.38 bits per heavy atom. The monoisotopic (exact) mass is 539 g/mol. The summed E-state index contributed by atoms with van der Waals surface area (Å²) >= 11 is 0. The molecule has 4 aromatic carbocycles. The predicted octanol–water partition coefficient (Wildman–Crippen LogP) is 4.00. The zero-order valence-electron chi connectivity index (χ0n) is 20.7. The fourth-order valence-electron chi connectivity index (χ4n) is 4.14. The number of aromatic nitrogens is 3. The Morgan fingerprint density at radius 3 is 2.03 bits per heavy atom. The first-order chi connectivity index (χ1) is 18.9. The van der Waals surface area contributed by atoms with E-state index in [4.69, 9.17) is 5.21 Å². The summed E-state index contributed by atoms with van der Waals surface area (Å²) in [5, 5.41) is 17.6. The number of hydrogen-bond donors (Lipinski definition) is 3. The molecule has 0 aliphatic carbocycles. The number of carbonyl (C=O) groups excluding carboxylic acids is 1. The number of carbonyl (C=O) groups is 1. The molecule has 196 valence electrons. The van der Waals surface area contributed by atoms with Crippen molar-refractivity contribution in [2.45, 2.75) is 17.4 Å². The van der Waals surface area contributed by atoms with E-state index in [2.05, 4.69) is 27.2 Å². The van der Waals surface area contributed by atoms with Crippen LogP contribution in [0, 0.1) is 0 Å². The Morgan fingerprint density at radius 1 is 0.795 bits per heavy atom. The number of nitrogens with zero attached hydrogens (tertiary/aromatic N) is 3. The van der Waals surface area contributed by atoms with E-state index in [0.717, 1.165) is 22.3 Å². The lowest BCUT2D eigenvalue weighted by atomic mass is 10.0. The second-order valence-electron chi connectivity index (χ2n) is 8.83. The second kappa shape index (κ2) is 11.4. The SMILES string of the molecule is O=C(NO)C(Cc1ccccc1)NS(=O)(=O)c1ccc(-n2cc(-c3ccc(-c4ccccc4)cc3)nn2)cc1. The highest BCUT2D eigenvalue weighted by Crippen LogP contribution is 2.24. The predicted molar refractivity (Wildman–Crippen MR) is 146 cm³/mol. The third-order valence-corrected chi connectivity index (χ3v) is 7.69. The third-order valence-electron chi connectivity index (χ3n) is 6.20. The van der Waals surface area contributed by atoms with E-state index in [1.165, 1.54) is 17.6 Å². The first kappa shape index (κ1) is 26.0. The van der Waals surface area contributed by atoms with Crippen molar-refractivity contribution in [2.24, 2.45) is 0 Å². The molecule has 9 nitrogen and oxygen atoms in total. The highest BCUT2D eigenvalue weighted by molar-refractivity contribution is 7.89. The van der Waals surface area contributed by atoms with Gasteiger partial charge < -0.3 is 0 Å². The number of amides is 1. The maximum absolute atomic E-state index is 13.0. The summed E-state index contributed by atoms with van der Waals surface area (Å²) in [5.41, 5.74) is 6.68. The minimum atomic E-state index is -4.07. The van der Waals surface area contributed by atoms with Crippen molar-refractivity contribution >= 4 is 15.9 Å². The van der Waals surface area contributed by atoms with Crippen molar-refractivity contribution in [2.75, 3.05) is 0 Å². The van der Waals surface area contributed by atoms with Crippen LogP contribution >= 0.6 is 0 Å². The minimum absolute atomic E-state index is 0.0353. The van der Waals surface area contributed by atoms with Gasteiger partial charge >= 0.3 is 0 Å². The number of rotatable bonds is 9. The van der Waals surface area contributed by atoms with Crippen LogP contribution < -0.4 is 10.2 Å². The number of nitrogens with one attached hydrogen (secondary N) is 2. The molecule has 1 atom stereocenters. The summed E-state index contributed by atoms with van der Waals surface area (Å²) in [6.07, 6.45) is 1.83. The molecule has 0 radical (unpaired) electrons. The average Bonchev–Trinajstić information content (AvgIpc) is 3.48. The van der Waals surface area contributed by atoms with E-state index in [1.54, 1.807) is 47.3 Å². The molecule has 1 amide bonds. The number of hydrogen-bond acceptors (Lipinski definition) is 6. The maximum atomic E-state index is 13.0. The summed E-state index contributed by atoms with van der Waals surface area (Å²) in [6.45, 7) is 0. The van der Waals surface area contributed by atoms with Crippen LogP contribution in [0.25, 0.3) is 28.1 Å². The number of benzene rings is 4. The molecular formula is C29H25N5O4S. The topological polar surface area (TPSA) is 126 Å². The van der Waals surface area contributed by atoms with Gasteiger partial charge in [-0.25, -0.2) is 18.6 Å². The lowest BCUT2D eigenvalue weighted by Crippen LogP contribution is -2.47. The van der Waals surface area contributed by atoms with E-state index < -0.39 is 22.0 Å². The highest BCUT2D eigenvalue weighted by Gasteiger charge is 2.26. The first-order valence-electron chi connectivity index (χ1n) is 12.1. The molecule has 0 spiro atoms. The molecule has 0 bridgehead atoms. The number of hydroxylamine groups is 1. The zero-order chi connectivity index (χ0) is 27.2. The molecule has 1 aromatic heterocycles. The lowest BCUT2D eigenvalue weighted by Gasteiger charge is -2.17. The van der Waals surface area contributed by atoms with Crippen LogP contribution in [-0.2, 0) is 21.2 Å². The van der Waals surface area contributed by atoms with Gasteiger partial charge in [0.25, 0.3) is 5.91 Å².